The third kappa shape index (κ3) is 3.04. The Bertz CT molecular complexity index is 1240. The summed E-state index contributed by atoms with van der Waals surface area (Å²) < 4.78 is 3.35. The number of rotatable bonds is 4. The normalized spacial score (nSPS) is 14.3. The molecule has 0 spiro atoms. The molecule has 0 aliphatic carbocycles. The zero-order valence-corrected chi connectivity index (χ0v) is 16.2. The molecule has 0 N–H and O–H groups in total. The lowest BCUT2D eigenvalue weighted by molar-refractivity contribution is 0.331. The minimum absolute atomic E-state index is 0.0872. The number of pyridine rings is 1. The van der Waals surface area contributed by atoms with Gasteiger partial charge in [0.2, 0.25) is 0 Å². The van der Waals surface area contributed by atoms with Gasteiger partial charge in [-0.2, -0.15) is 19.7 Å². The molecular formula is C20H20N8O. The SMILES string of the molecule is Cc1nc2ncnn2c(N2CC(Cn3nc(-c4ccncc4)ccc3=O)C2)c1C. The van der Waals surface area contributed by atoms with Crippen LogP contribution >= 0.6 is 0 Å². The molecule has 1 fully saturated rings. The van der Waals surface area contributed by atoms with Gasteiger partial charge in [-0.1, -0.05) is 0 Å². The molecule has 1 aliphatic heterocycles. The van der Waals surface area contributed by atoms with Crippen molar-refractivity contribution in [1.29, 1.82) is 0 Å². The van der Waals surface area contributed by atoms with Crippen molar-refractivity contribution in [2.75, 3.05) is 18.0 Å². The number of aromatic nitrogens is 7. The van der Waals surface area contributed by atoms with Gasteiger partial charge in [-0.05, 0) is 32.0 Å². The second-order valence-corrected chi connectivity index (χ2v) is 7.36. The Morgan fingerprint density at radius 3 is 2.69 bits per heavy atom. The Balaban J connectivity index is 1.36. The Labute approximate surface area is 166 Å². The molecule has 0 saturated carbocycles. The first-order chi connectivity index (χ1) is 14.1. The maximum atomic E-state index is 12.3. The summed E-state index contributed by atoms with van der Waals surface area (Å²) in [7, 11) is 0. The Morgan fingerprint density at radius 2 is 1.90 bits per heavy atom. The quantitative estimate of drug-likeness (QED) is 0.523. The third-order valence-corrected chi connectivity index (χ3v) is 5.41. The molecule has 0 bridgehead atoms. The Kier molecular flexibility index (Phi) is 4.08. The molecule has 9 nitrogen and oxygen atoms in total. The van der Waals surface area contributed by atoms with E-state index in [0.29, 0.717) is 18.2 Å². The number of hydrogen-bond acceptors (Lipinski definition) is 7. The number of hydrogen-bond donors (Lipinski definition) is 0. The van der Waals surface area contributed by atoms with E-state index >= 15 is 0 Å². The van der Waals surface area contributed by atoms with Gasteiger partial charge in [0.1, 0.15) is 12.1 Å². The molecule has 4 aromatic rings. The fourth-order valence-electron chi connectivity index (χ4n) is 3.75. The lowest BCUT2D eigenvalue weighted by Gasteiger charge is -2.41. The molecule has 1 aliphatic rings. The van der Waals surface area contributed by atoms with Gasteiger partial charge < -0.3 is 4.90 Å². The van der Waals surface area contributed by atoms with Gasteiger partial charge in [-0.3, -0.25) is 9.78 Å². The average molecular weight is 388 g/mol. The first-order valence-corrected chi connectivity index (χ1v) is 9.50. The number of fused-ring (bicyclic) bond motifs is 1. The average Bonchev–Trinajstić information content (AvgIpc) is 3.16. The summed E-state index contributed by atoms with van der Waals surface area (Å²) in [6.07, 6.45) is 4.97. The fourth-order valence-corrected chi connectivity index (χ4v) is 3.75. The molecule has 9 heteroatoms. The largest absolute Gasteiger partial charge is 0.355 e. The minimum Gasteiger partial charge on any atom is -0.355 e. The molecular weight excluding hydrogens is 368 g/mol. The van der Waals surface area contributed by atoms with Crippen molar-refractivity contribution in [2.45, 2.75) is 20.4 Å². The molecule has 29 heavy (non-hydrogen) atoms. The summed E-state index contributed by atoms with van der Waals surface area (Å²) >= 11 is 0. The van der Waals surface area contributed by atoms with Crippen LogP contribution in [-0.4, -0.2) is 47.4 Å². The summed E-state index contributed by atoms with van der Waals surface area (Å²) in [6, 6.07) is 7.11. The van der Waals surface area contributed by atoms with Crippen molar-refractivity contribution < 1.29 is 0 Å². The second-order valence-electron chi connectivity index (χ2n) is 7.36. The van der Waals surface area contributed by atoms with Crippen molar-refractivity contribution in [3.05, 3.63) is 64.6 Å². The first-order valence-electron chi connectivity index (χ1n) is 9.50. The zero-order valence-electron chi connectivity index (χ0n) is 16.2. The number of nitrogens with zero attached hydrogens (tertiary/aromatic N) is 8. The van der Waals surface area contributed by atoms with E-state index < -0.39 is 0 Å². The molecule has 146 valence electrons. The van der Waals surface area contributed by atoms with Crippen LogP contribution in [0.25, 0.3) is 17.0 Å². The van der Waals surface area contributed by atoms with Crippen LogP contribution in [0.5, 0.6) is 0 Å². The standard InChI is InChI=1S/C20H20N8O/c1-13-14(2)24-20-22-12-23-28(20)19(13)26-9-15(10-26)11-27-18(29)4-3-17(25-27)16-5-7-21-8-6-16/h3-8,12,15H,9-11H2,1-2H3. The third-order valence-electron chi connectivity index (χ3n) is 5.41. The van der Waals surface area contributed by atoms with Crippen LogP contribution in [-0.2, 0) is 6.54 Å². The zero-order chi connectivity index (χ0) is 20.0. The molecule has 0 atom stereocenters. The molecule has 1 saturated heterocycles. The molecule has 0 aromatic carbocycles. The van der Waals surface area contributed by atoms with Gasteiger partial charge in [-0.25, -0.2) is 9.67 Å². The maximum Gasteiger partial charge on any atom is 0.266 e. The van der Waals surface area contributed by atoms with Gasteiger partial charge in [0.05, 0.1) is 12.2 Å². The summed E-state index contributed by atoms with van der Waals surface area (Å²) in [6.45, 7) is 6.27. The highest BCUT2D eigenvalue weighted by Gasteiger charge is 2.31. The Hall–Kier alpha value is -3.62. The van der Waals surface area contributed by atoms with Crippen molar-refractivity contribution in [3.63, 3.8) is 0 Å². The van der Waals surface area contributed by atoms with E-state index in [4.69, 9.17) is 0 Å². The highest BCUT2D eigenvalue weighted by Crippen LogP contribution is 2.29. The Morgan fingerprint density at radius 1 is 1.10 bits per heavy atom. The van der Waals surface area contributed by atoms with Gasteiger partial charge in [0, 0.05) is 54.3 Å². The van der Waals surface area contributed by atoms with E-state index in [1.165, 1.54) is 6.33 Å². The highest BCUT2D eigenvalue weighted by atomic mass is 16.1. The first kappa shape index (κ1) is 17.5. The molecule has 4 aromatic heterocycles. The lowest BCUT2D eigenvalue weighted by Crippen LogP contribution is -2.50. The summed E-state index contributed by atoms with van der Waals surface area (Å²) in [5.41, 5.74) is 3.67. The van der Waals surface area contributed by atoms with Gasteiger partial charge in [0.15, 0.2) is 0 Å². The second kappa shape index (κ2) is 6.77. The van der Waals surface area contributed by atoms with E-state index in [-0.39, 0.29) is 5.56 Å². The monoisotopic (exact) mass is 388 g/mol. The van der Waals surface area contributed by atoms with Crippen LogP contribution in [0.3, 0.4) is 0 Å². The highest BCUT2D eigenvalue weighted by molar-refractivity contribution is 5.57. The van der Waals surface area contributed by atoms with Crippen molar-refractivity contribution in [1.82, 2.24) is 34.3 Å². The van der Waals surface area contributed by atoms with E-state index in [0.717, 1.165) is 41.4 Å². The predicted octanol–water partition coefficient (Wildman–Crippen LogP) is 1.50. The van der Waals surface area contributed by atoms with Crippen LogP contribution in [0.2, 0.25) is 0 Å². The van der Waals surface area contributed by atoms with E-state index in [2.05, 4.69) is 37.0 Å². The molecule has 0 radical (unpaired) electrons. The predicted molar refractivity (Wildman–Crippen MR) is 108 cm³/mol. The van der Waals surface area contributed by atoms with Crippen LogP contribution in [0.1, 0.15) is 11.3 Å². The van der Waals surface area contributed by atoms with Crippen molar-refractivity contribution in [2.24, 2.45) is 5.92 Å². The topological polar surface area (TPSA) is 94.1 Å². The molecule has 5 heterocycles. The molecule has 5 rings (SSSR count). The number of anilines is 1. The van der Waals surface area contributed by atoms with Crippen LogP contribution in [0.15, 0.2) is 47.8 Å². The van der Waals surface area contributed by atoms with Crippen molar-refractivity contribution in [3.8, 4) is 11.3 Å². The van der Waals surface area contributed by atoms with E-state index in [1.54, 1.807) is 33.7 Å². The summed E-state index contributed by atoms with van der Waals surface area (Å²) in [4.78, 5) is 27.3. The lowest BCUT2D eigenvalue weighted by atomic mass is 9.99. The van der Waals surface area contributed by atoms with Gasteiger partial charge in [-0.15, -0.1) is 0 Å². The summed E-state index contributed by atoms with van der Waals surface area (Å²) in [5, 5.41) is 8.88. The van der Waals surface area contributed by atoms with Crippen LogP contribution in [0, 0.1) is 19.8 Å². The maximum absolute atomic E-state index is 12.3. The minimum atomic E-state index is -0.0872. The van der Waals surface area contributed by atoms with E-state index in [9.17, 15) is 4.79 Å². The smallest absolute Gasteiger partial charge is 0.266 e. The van der Waals surface area contributed by atoms with E-state index in [1.807, 2.05) is 19.1 Å². The van der Waals surface area contributed by atoms with Crippen molar-refractivity contribution >= 4 is 11.6 Å². The number of aryl methyl sites for hydroxylation is 1. The van der Waals surface area contributed by atoms with Crippen LogP contribution in [0.4, 0.5) is 5.82 Å². The fraction of sp³-hybridized carbons (Fsp3) is 0.300. The summed E-state index contributed by atoms with van der Waals surface area (Å²) in [5.74, 6) is 1.96. The van der Waals surface area contributed by atoms with Gasteiger partial charge in [0.25, 0.3) is 11.3 Å². The van der Waals surface area contributed by atoms with Crippen LogP contribution < -0.4 is 10.5 Å². The molecule has 0 amide bonds. The van der Waals surface area contributed by atoms with Gasteiger partial charge >= 0.3 is 0 Å². The molecule has 0 unspecified atom stereocenters.